The van der Waals surface area contributed by atoms with E-state index >= 15 is 0 Å². The average molecular weight is 265 g/mol. The van der Waals surface area contributed by atoms with Gasteiger partial charge in [-0.1, -0.05) is 42.8 Å². The van der Waals surface area contributed by atoms with Crippen LogP contribution in [0.15, 0.2) is 42.5 Å². The molecule has 2 aromatic carbocycles. The van der Waals surface area contributed by atoms with E-state index in [1.807, 2.05) is 0 Å². The van der Waals surface area contributed by atoms with Gasteiger partial charge < -0.3 is 11.5 Å². The molecule has 0 fully saturated rings. The number of nitrogens with two attached hydrogens (primary N) is 2. The number of hydrogen-bond acceptors (Lipinski definition) is 2. The summed E-state index contributed by atoms with van der Waals surface area (Å²) in [5.41, 5.74) is 12.9. The summed E-state index contributed by atoms with van der Waals surface area (Å²) in [6, 6.07) is 15.0. The van der Waals surface area contributed by atoms with Crippen LogP contribution in [0.1, 0.15) is 30.9 Å². The smallest absolute Gasteiger partial charge is 0.0295 e. The van der Waals surface area contributed by atoms with E-state index < -0.39 is 0 Å². The fourth-order valence-electron chi connectivity index (χ4n) is 2.11. The highest BCUT2D eigenvalue weighted by Gasteiger charge is 2.05. The van der Waals surface area contributed by atoms with E-state index in [2.05, 4.69) is 42.5 Å². The Morgan fingerprint density at radius 3 is 2.39 bits per heavy atom. The molecule has 0 spiro atoms. The van der Waals surface area contributed by atoms with Crippen LogP contribution in [0.2, 0.25) is 0 Å². The van der Waals surface area contributed by atoms with Gasteiger partial charge in [0, 0.05) is 6.04 Å². The monoisotopic (exact) mass is 264 g/mol. The van der Waals surface area contributed by atoms with Crippen LogP contribution in [0.25, 0.3) is 10.8 Å². The molecule has 0 aliphatic heterocycles. The van der Waals surface area contributed by atoms with Crippen molar-refractivity contribution in [1.82, 2.24) is 0 Å². The normalized spacial score (nSPS) is 12.1. The van der Waals surface area contributed by atoms with Crippen LogP contribution in [0.3, 0.4) is 0 Å². The van der Waals surface area contributed by atoms with Gasteiger partial charge in [0.1, 0.15) is 0 Å². The first-order valence-corrected chi connectivity index (χ1v) is 6.25. The number of halogens is 1. The first-order valence-electron chi connectivity index (χ1n) is 6.25. The molecule has 0 aromatic heterocycles. The first-order chi connectivity index (χ1) is 8.31. The zero-order valence-electron chi connectivity index (χ0n) is 10.5. The summed E-state index contributed by atoms with van der Waals surface area (Å²) in [4.78, 5) is 0. The van der Waals surface area contributed by atoms with Crippen molar-refractivity contribution in [2.75, 3.05) is 6.54 Å². The van der Waals surface area contributed by atoms with Crippen molar-refractivity contribution in [3.63, 3.8) is 0 Å². The van der Waals surface area contributed by atoms with Gasteiger partial charge in [-0.3, -0.25) is 0 Å². The van der Waals surface area contributed by atoms with Gasteiger partial charge in [-0.15, -0.1) is 12.4 Å². The lowest BCUT2D eigenvalue weighted by Gasteiger charge is -2.12. The van der Waals surface area contributed by atoms with Crippen LogP contribution >= 0.6 is 12.4 Å². The highest BCUT2D eigenvalue weighted by Crippen LogP contribution is 2.22. The molecule has 2 rings (SSSR count). The van der Waals surface area contributed by atoms with E-state index in [9.17, 15) is 0 Å². The molecule has 2 nitrogen and oxygen atoms in total. The Morgan fingerprint density at radius 1 is 0.944 bits per heavy atom. The van der Waals surface area contributed by atoms with Crippen LogP contribution in [-0.4, -0.2) is 6.54 Å². The van der Waals surface area contributed by atoms with Gasteiger partial charge in [0.05, 0.1) is 0 Å². The zero-order valence-corrected chi connectivity index (χ0v) is 11.3. The molecular formula is C15H21ClN2. The molecule has 18 heavy (non-hydrogen) atoms. The predicted molar refractivity (Wildman–Crippen MR) is 81.0 cm³/mol. The maximum atomic E-state index is 6.19. The Bertz CT molecular complexity index is 485. The standard InChI is InChI=1S/C15H20N2.ClH/c16-10-4-3-7-15(17)14-9-8-12-5-1-2-6-13(12)11-14;/h1-2,5-6,8-9,11,15H,3-4,7,10,16-17H2;1H/t15-;/m1./s1. The lowest BCUT2D eigenvalue weighted by atomic mass is 9.99. The first kappa shape index (κ1) is 15.0. The van der Waals surface area contributed by atoms with Crippen molar-refractivity contribution in [2.45, 2.75) is 25.3 Å². The SMILES string of the molecule is Cl.NCCCC[C@@H](N)c1ccc2ccccc2c1. The average Bonchev–Trinajstić information content (AvgIpc) is 2.38. The Hall–Kier alpha value is -1.09. The fraction of sp³-hybridized carbons (Fsp3) is 0.333. The van der Waals surface area contributed by atoms with Gasteiger partial charge in [0.15, 0.2) is 0 Å². The Balaban J connectivity index is 0.00000162. The summed E-state index contributed by atoms with van der Waals surface area (Å²) in [7, 11) is 0. The molecule has 0 saturated carbocycles. The Morgan fingerprint density at radius 2 is 1.67 bits per heavy atom. The molecule has 0 bridgehead atoms. The highest BCUT2D eigenvalue weighted by molar-refractivity contribution is 5.85. The molecule has 0 aliphatic rings. The topological polar surface area (TPSA) is 52.0 Å². The second-order valence-electron chi connectivity index (χ2n) is 4.50. The lowest BCUT2D eigenvalue weighted by Crippen LogP contribution is -2.11. The zero-order chi connectivity index (χ0) is 12.1. The molecule has 0 saturated heterocycles. The molecule has 0 amide bonds. The third kappa shape index (κ3) is 3.70. The minimum Gasteiger partial charge on any atom is -0.330 e. The molecule has 1 atom stereocenters. The number of benzene rings is 2. The molecule has 98 valence electrons. The maximum Gasteiger partial charge on any atom is 0.0295 e. The van der Waals surface area contributed by atoms with E-state index in [4.69, 9.17) is 11.5 Å². The predicted octanol–water partition coefficient (Wildman–Crippen LogP) is 3.39. The van der Waals surface area contributed by atoms with Crippen LogP contribution in [0.5, 0.6) is 0 Å². The fourth-order valence-corrected chi connectivity index (χ4v) is 2.11. The molecular weight excluding hydrogens is 244 g/mol. The second kappa shape index (κ2) is 7.37. The molecule has 3 heteroatoms. The third-order valence-electron chi connectivity index (χ3n) is 3.17. The highest BCUT2D eigenvalue weighted by atomic mass is 35.5. The number of unbranched alkanes of at least 4 members (excludes halogenated alkanes) is 1. The van der Waals surface area contributed by atoms with Gasteiger partial charge in [-0.2, -0.15) is 0 Å². The molecule has 0 radical (unpaired) electrons. The summed E-state index contributed by atoms with van der Waals surface area (Å²) < 4.78 is 0. The summed E-state index contributed by atoms with van der Waals surface area (Å²) >= 11 is 0. The minimum atomic E-state index is 0. The summed E-state index contributed by atoms with van der Waals surface area (Å²) in [5, 5.41) is 2.53. The Kier molecular flexibility index (Phi) is 6.13. The van der Waals surface area contributed by atoms with Gasteiger partial charge >= 0.3 is 0 Å². The quantitative estimate of drug-likeness (QED) is 0.814. The van der Waals surface area contributed by atoms with Gasteiger partial charge in [-0.25, -0.2) is 0 Å². The largest absolute Gasteiger partial charge is 0.330 e. The maximum absolute atomic E-state index is 6.19. The lowest BCUT2D eigenvalue weighted by molar-refractivity contribution is 0.591. The molecule has 0 heterocycles. The van der Waals surface area contributed by atoms with E-state index in [-0.39, 0.29) is 18.4 Å². The second-order valence-corrected chi connectivity index (χ2v) is 4.50. The van der Waals surface area contributed by atoms with Crippen molar-refractivity contribution in [2.24, 2.45) is 11.5 Å². The number of rotatable bonds is 5. The van der Waals surface area contributed by atoms with Crippen molar-refractivity contribution in [3.8, 4) is 0 Å². The van der Waals surface area contributed by atoms with Crippen LogP contribution in [-0.2, 0) is 0 Å². The summed E-state index contributed by atoms with van der Waals surface area (Å²) in [6.45, 7) is 0.754. The molecule has 0 unspecified atom stereocenters. The van der Waals surface area contributed by atoms with Crippen molar-refractivity contribution >= 4 is 23.2 Å². The minimum absolute atomic E-state index is 0. The van der Waals surface area contributed by atoms with Crippen molar-refractivity contribution in [3.05, 3.63) is 48.0 Å². The van der Waals surface area contributed by atoms with E-state index in [0.717, 1.165) is 25.8 Å². The Labute approximate surface area is 115 Å². The van der Waals surface area contributed by atoms with Crippen molar-refractivity contribution in [1.29, 1.82) is 0 Å². The van der Waals surface area contributed by atoms with Crippen molar-refractivity contribution < 1.29 is 0 Å². The number of fused-ring (bicyclic) bond motifs is 1. The molecule has 2 aromatic rings. The summed E-state index contributed by atoms with van der Waals surface area (Å²) in [6.07, 6.45) is 3.17. The summed E-state index contributed by atoms with van der Waals surface area (Å²) in [5.74, 6) is 0. The third-order valence-corrected chi connectivity index (χ3v) is 3.17. The van der Waals surface area contributed by atoms with E-state index in [1.54, 1.807) is 0 Å². The molecule has 0 aliphatic carbocycles. The molecule has 4 N–H and O–H groups in total. The van der Waals surface area contributed by atoms with Gasteiger partial charge in [0.25, 0.3) is 0 Å². The number of hydrogen-bond donors (Lipinski definition) is 2. The van der Waals surface area contributed by atoms with Crippen LogP contribution in [0.4, 0.5) is 0 Å². The van der Waals surface area contributed by atoms with Crippen LogP contribution < -0.4 is 11.5 Å². The van der Waals surface area contributed by atoms with E-state index in [0.29, 0.717) is 0 Å². The van der Waals surface area contributed by atoms with Gasteiger partial charge in [0.2, 0.25) is 0 Å². The van der Waals surface area contributed by atoms with Gasteiger partial charge in [-0.05, 0) is 41.8 Å². The van der Waals surface area contributed by atoms with E-state index in [1.165, 1.54) is 16.3 Å². The van der Waals surface area contributed by atoms with Crippen LogP contribution in [0, 0.1) is 0 Å².